The first-order valence-corrected chi connectivity index (χ1v) is 13.4. The number of carbonyl (C=O) groups excluding carboxylic acids is 1. The van der Waals surface area contributed by atoms with Crippen LogP contribution in [0.2, 0.25) is 0 Å². The number of methoxy groups -OCH3 is 1. The van der Waals surface area contributed by atoms with E-state index in [1.807, 2.05) is 6.92 Å². The summed E-state index contributed by atoms with van der Waals surface area (Å²) >= 11 is 0. The second-order valence-corrected chi connectivity index (χ2v) is 10.5. The Labute approximate surface area is 197 Å². The Balaban J connectivity index is 1.52. The number of amides is 1. The molecule has 0 aromatic heterocycles. The van der Waals surface area contributed by atoms with Crippen LogP contribution in [0.3, 0.4) is 0 Å². The van der Waals surface area contributed by atoms with Crippen molar-refractivity contribution in [2.75, 3.05) is 42.2 Å². The van der Waals surface area contributed by atoms with Gasteiger partial charge in [0.05, 0.1) is 25.1 Å². The average molecular weight is 474 g/mol. The van der Waals surface area contributed by atoms with E-state index in [0.29, 0.717) is 17.9 Å². The van der Waals surface area contributed by atoms with Crippen LogP contribution in [-0.4, -0.2) is 47.3 Å². The molecule has 180 valence electrons. The molecule has 1 unspecified atom stereocenters. The topological polar surface area (TPSA) is 79.0 Å². The summed E-state index contributed by atoms with van der Waals surface area (Å²) in [6, 6.07) is 15.2. The first kappa shape index (κ1) is 24.9. The zero-order valence-corrected chi connectivity index (χ0v) is 20.6. The minimum absolute atomic E-state index is 0.0956. The van der Waals surface area contributed by atoms with Crippen LogP contribution in [0.5, 0.6) is 5.75 Å². The molecule has 1 amide bonds. The number of carbonyl (C=O) groups is 1. The Bertz CT molecular complexity index is 1020. The number of sulfonamides is 1. The van der Waals surface area contributed by atoms with Crippen LogP contribution >= 0.6 is 0 Å². The summed E-state index contributed by atoms with van der Waals surface area (Å²) in [4.78, 5) is 14.9. The SMILES string of the molecule is COc1cccc(N(CCCC(=O)NC(C)c2ccc(N3CCCCC3)cc2)S(C)(=O)=O)c1. The van der Waals surface area contributed by atoms with E-state index in [1.54, 1.807) is 24.3 Å². The highest BCUT2D eigenvalue weighted by atomic mass is 32.2. The first-order chi connectivity index (χ1) is 15.8. The fraction of sp³-hybridized carbons (Fsp3) is 0.480. The number of anilines is 2. The van der Waals surface area contributed by atoms with Gasteiger partial charge >= 0.3 is 0 Å². The Hall–Kier alpha value is -2.74. The van der Waals surface area contributed by atoms with Crippen LogP contribution in [0.15, 0.2) is 48.5 Å². The molecule has 1 saturated heterocycles. The van der Waals surface area contributed by atoms with Crippen molar-refractivity contribution >= 4 is 27.3 Å². The maximum Gasteiger partial charge on any atom is 0.232 e. The smallest absolute Gasteiger partial charge is 0.232 e. The summed E-state index contributed by atoms with van der Waals surface area (Å²) in [5.41, 5.74) is 2.81. The summed E-state index contributed by atoms with van der Waals surface area (Å²) in [6.45, 7) is 4.39. The molecule has 1 aliphatic rings. The average Bonchev–Trinajstić information content (AvgIpc) is 2.81. The lowest BCUT2D eigenvalue weighted by Gasteiger charge is -2.29. The van der Waals surface area contributed by atoms with Crippen LogP contribution in [0.4, 0.5) is 11.4 Å². The molecule has 1 atom stereocenters. The Kier molecular flexibility index (Phi) is 8.61. The molecule has 2 aromatic carbocycles. The summed E-state index contributed by atoms with van der Waals surface area (Å²) < 4.78 is 31.1. The van der Waals surface area contributed by atoms with Crippen molar-refractivity contribution in [3.05, 3.63) is 54.1 Å². The van der Waals surface area contributed by atoms with E-state index in [4.69, 9.17) is 4.74 Å². The summed E-state index contributed by atoms with van der Waals surface area (Å²) in [5, 5.41) is 3.03. The van der Waals surface area contributed by atoms with Gasteiger partial charge in [0.15, 0.2) is 0 Å². The fourth-order valence-electron chi connectivity index (χ4n) is 4.16. The molecule has 3 rings (SSSR count). The predicted molar refractivity (Wildman–Crippen MR) is 133 cm³/mol. The fourth-order valence-corrected chi connectivity index (χ4v) is 5.12. The molecule has 0 bridgehead atoms. The van der Waals surface area contributed by atoms with E-state index < -0.39 is 10.0 Å². The van der Waals surface area contributed by atoms with Gasteiger partial charge < -0.3 is 15.0 Å². The largest absolute Gasteiger partial charge is 0.497 e. The van der Waals surface area contributed by atoms with Gasteiger partial charge in [0.1, 0.15) is 5.75 Å². The van der Waals surface area contributed by atoms with Gasteiger partial charge in [-0.3, -0.25) is 9.10 Å². The number of hydrogen-bond acceptors (Lipinski definition) is 5. The highest BCUT2D eigenvalue weighted by Crippen LogP contribution is 2.24. The van der Waals surface area contributed by atoms with E-state index in [-0.39, 0.29) is 24.9 Å². The second-order valence-electron chi connectivity index (χ2n) is 8.57. The van der Waals surface area contributed by atoms with E-state index in [0.717, 1.165) is 18.7 Å². The number of piperidine rings is 1. The van der Waals surface area contributed by atoms with Crippen molar-refractivity contribution in [1.82, 2.24) is 5.32 Å². The quantitative estimate of drug-likeness (QED) is 0.562. The molecular weight excluding hydrogens is 438 g/mol. The third-order valence-electron chi connectivity index (χ3n) is 6.00. The molecule has 2 aromatic rings. The van der Waals surface area contributed by atoms with Crippen molar-refractivity contribution in [3.63, 3.8) is 0 Å². The highest BCUT2D eigenvalue weighted by molar-refractivity contribution is 7.92. The first-order valence-electron chi connectivity index (χ1n) is 11.5. The van der Waals surface area contributed by atoms with Crippen molar-refractivity contribution in [2.45, 2.75) is 45.1 Å². The van der Waals surface area contributed by atoms with Crippen LogP contribution in [0.25, 0.3) is 0 Å². The predicted octanol–water partition coefficient (Wildman–Crippen LogP) is 4.11. The normalized spacial score (nSPS) is 15.1. The number of benzene rings is 2. The van der Waals surface area contributed by atoms with Crippen molar-refractivity contribution in [1.29, 1.82) is 0 Å². The van der Waals surface area contributed by atoms with Crippen LogP contribution in [0, 0.1) is 0 Å². The molecule has 0 aliphatic carbocycles. The van der Waals surface area contributed by atoms with Gasteiger partial charge in [-0.2, -0.15) is 0 Å². The molecule has 8 heteroatoms. The van der Waals surface area contributed by atoms with E-state index in [1.165, 1.54) is 42.6 Å². The van der Waals surface area contributed by atoms with Crippen molar-refractivity contribution in [3.8, 4) is 5.75 Å². The molecule has 33 heavy (non-hydrogen) atoms. The van der Waals surface area contributed by atoms with Crippen LogP contribution in [-0.2, 0) is 14.8 Å². The van der Waals surface area contributed by atoms with Gasteiger partial charge in [-0.15, -0.1) is 0 Å². The minimum atomic E-state index is -3.48. The minimum Gasteiger partial charge on any atom is -0.497 e. The summed E-state index contributed by atoms with van der Waals surface area (Å²) in [5.74, 6) is 0.487. The molecule has 1 fully saturated rings. The molecule has 7 nitrogen and oxygen atoms in total. The molecule has 0 spiro atoms. The standard InChI is InChI=1S/C25H35N3O4S/c1-20(21-12-14-22(15-13-21)27-16-5-4-6-17-27)26-25(29)11-8-18-28(33(3,30)31)23-9-7-10-24(19-23)32-2/h7,9-10,12-15,19-20H,4-6,8,11,16-18H2,1-3H3,(H,26,29). The van der Waals surface area contributed by atoms with Gasteiger partial charge in [-0.05, 0) is 62.4 Å². The van der Waals surface area contributed by atoms with Crippen LogP contribution in [0.1, 0.15) is 50.6 Å². The molecule has 0 radical (unpaired) electrons. The van der Waals surface area contributed by atoms with Gasteiger partial charge in [0.25, 0.3) is 0 Å². The number of nitrogens with zero attached hydrogens (tertiary/aromatic N) is 2. The molecule has 1 aliphatic heterocycles. The third-order valence-corrected chi connectivity index (χ3v) is 7.19. The van der Waals surface area contributed by atoms with Gasteiger partial charge in [-0.1, -0.05) is 18.2 Å². The summed E-state index contributed by atoms with van der Waals surface area (Å²) in [7, 11) is -1.94. The zero-order chi connectivity index (χ0) is 23.8. The maximum atomic E-state index is 12.5. The lowest BCUT2D eigenvalue weighted by Crippen LogP contribution is -2.32. The van der Waals surface area contributed by atoms with Crippen LogP contribution < -0.4 is 19.3 Å². The monoisotopic (exact) mass is 473 g/mol. The number of nitrogens with one attached hydrogen (secondary N) is 1. The second kappa shape index (κ2) is 11.4. The number of rotatable bonds is 10. The lowest BCUT2D eigenvalue weighted by molar-refractivity contribution is -0.121. The zero-order valence-electron chi connectivity index (χ0n) is 19.8. The number of ether oxygens (including phenoxy) is 1. The summed E-state index contributed by atoms with van der Waals surface area (Å²) in [6.07, 6.45) is 5.61. The Morgan fingerprint density at radius 3 is 2.45 bits per heavy atom. The molecular formula is C25H35N3O4S. The lowest BCUT2D eigenvalue weighted by atomic mass is 10.1. The Morgan fingerprint density at radius 1 is 1.12 bits per heavy atom. The van der Waals surface area contributed by atoms with Gasteiger partial charge in [0.2, 0.25) is 15.9 Å². The van der Waals surface area contributed by atoms with Crippen molar-refractivity contribution in [2.24, 2.45) is 0 Å². The molecule has 0 saturated carbocycles. The third kappa shape index (κ3) is 7.12. The van der Waals surface area contributed by atoms with Crippen molar-refractivity contribution < 1.29 is 17.9 Å². The Morgan fingerprint density at radius 2 is 1.82 bits per heavy atom. The van der Waals surface area contributed by atoms with Gasteiger partial charge in [0, 0.05) is 37.8 Å². The van der Waals surface area contributed by atoms with Gasteiger partial charge in [-0.25, -0.2) is 8.42 Å². The van der Waals surface area contributed by atoms with E-state index in [9.17, 15) is 13.2 Å². The molecule has 1 N–H and O–H groups in total. The van der Waals surface area contributed by atoms with E-state index >= 15 is 0 Å². The van der Waals surface area contributed by atoms with E-state index in [2.05, 4.69) is 34.5 Å². The number of hydrogen-bond donors (Lipinski definition) is 1. The maximum absolute atomic E-state index is 12.5. The molecule has 1 heterocycles. The highest BCUT2D eigenvalue weighted by Gasteiger charge is 2.19.